The van der Waals surface area contributed by atoms with Crippen molar-refractivity contribution >= 4 is 22.9 Å². The van der Waals surface area contributed by atoms with Gasteiger partial charge in [0, 0.05) is 25.2 Å². The summed E-state index contributed by atoms with van der Waals surface area (Å²) in [5, 5.41) is 3.48. The molecular weight excluding hydrogens is 432 g/mol. The van der Waals surface area contributed by atoms with E-state index in [1.165, 1.54) is 0 Å². The molecule has 10 heteroatoms. The lowest BCUT2D eigenvalue weighted by Crippen LogP contribution is -2.62. The number of hydrogen-bond acceptors (Lipinski definition) is 9. The second kappa shape index (κ2) is 10.5. The fourth-order valence-electron chi connectivity index (χ4n) is 4.61. The average molecular weight is 468 g/mol. The molecule has 4 rings (SSSR count). The van der Waals surface area contributed by atoms with Crippen molar-refractivity contribution in [1.82, 2.24) is 34.6 Å². The van der Waals surface area contributed by atoms with E-state index in [0.29, 0.717) is 27.1 Å². The third kappa shape index (κ3) is 4.75. The Kier molecular flexibility index (Phi) is 7.40. The summed E-state index contributed by atoms with van der Waals surface area (Å²) in [6.07, 6.45) is 1.72. The normalized spacial score (nSPS) is 15.6. The van der Waals surface area contributed by atoms with Crippen molar-refractivity contribution in [3.8, 4) is 22.8 Å². The number of hydrogen-bond donors (Lipinski definition) is 2. The molecule has 3 N–H and O–H groups in total. The number of nitrogens with one attached hydrogen (secondary N) is 1. The van der Waals surface area contributed by atoms with Gasteiger partial charge in [-0.1, -0.05) is 13.8 Å². The zero-order chi connectivity index (χ0) is 24.1. The van der Waals surface area contributed by atoms with Gasteiger partial charge in [0.1, 0.15) is 0 Å². The first kappa shape index (κ1) is 24.1. The minimum Gasteiger partial charge on any atom is -0.493 e. The van der Waals surface area contributed by atoms with Crippen molar-refractivity contribution < 1.29 is 9.47 Å². The second-order valence-corrected chi connectivity index (χ2v) is 8.50. The molecule has 1 aliphatic rings. The number of quaternary nitrogens is 1. The van der Waals surface area contributed by atoms with Crippen molar-refractivity contribution in [1.29, 1.82) is 0 Å². The fourth-order valence-corrected chi connectivity index (χ4v) is 4.61. The summed E-state index contributed by atoms with van der Waals surface area (Å²) in [6, 6.07) is 5.72. The third-order valence-corrected chi connectivity index (χ3v) is 6.71. The van der Waals surface area contributed by atoms with Crippen LogP contribution in [0.3, 0.4) is 0 Å². The van der Waals surface area contributed by atoms with Gasteiger partial charge in [-0.15, -0.1) is 0 Å². The molecule has 1 saturated heterocycles. The van der Waals surface area contributed by atoms with Crippen LogP contribution in [0.5, 0.6) is 11.5 Å². The van der Waals surface area contributed by atoms with Gasteiger partial charge in [0.2, 0.25) is 5.95 Å². The van der Waals surface area contributed by atoms with Gasteiger partial charge in [0.25, 0.3) is 5.82 Å². The summed E-state index contributed by atoms with van der Waals surface area (Å²) in [5.74, 6) is 2.39. The number of nitrogen functional groups attached to an aromatic ring is 1. The number of aromatic nitrogens is 4. The largest absolute Gasteiger partial charge is 0.493 e. The summed E-state index contributed by atoms with van der Waals surface area (Å²) in [6.45, 7) is 12.0. The van der Waals surface area contributed by atoms with E-state index in [1.54, 1.807) is 20.4 Å². The number of ether oxygens (including phenoxy) is 2. The molecule has 2 aromatic heterocycles. The monoisotopic (exact) mass is 467 g/mol. The van der Waals surface area contributed by atoms with Crippen LogP contribution in [0.15, 0.2) is 24.4 Å². The Bertz CT molecular complexity index is 1130. The van der Waals surface area contributed by atoms with Crippen molar-refractivity contribution in [2.75, 3.05) is 72.3 Å². The van der Waals surface area contributed by atoms with Crippen molar-refractivity contribution in [2.45, 2.75) is 13.8 Å². The molecule has 1 aromatic carbocycles. The minimum atomic E-state index is 0.231. The van der Waals surface area contributed by atoms with Gasteiger partial charge in [-0.2, -0.15) is 9.97 Å². The highest BCUT2D eigenvalue weighted by Crippen LogP contribution is 2.34. The maximum Gasteiger partial charge on any atom is 0.261 e. The highest BCUT2D eigenvalue weighted by Gasteiger charge is 2.37. The lowest BCUT2D eigenvalue weighted by atomic mass is 10.1. The first-order valence-electron chi connectivity index (χ1n) is 11.9. The number of benzene rings is 1. The van der Waals surface area contributed by atoms with E-state index in [0.717, 1.165) is 69.4 Å². The third-order valence-electron chi connectivity index (χ3n) is 6.71. The molecule has 182 valence electrons. The molecule has 10 nitrogen and oxygen atoms in total. The van der Waals surface area contributed by atoms with Crippen molar-refractivity contribution in [3.05, 3.63) is 24.4 Å². The molecule has 0 aliphatic carbocycles. The van der Waals surface area contributed by atoms with E-state index in [-0.39, 0.29) is 5.95 Å². The van der Waals surface area contributed by atoms with Crippen LogP contribution in [-0.4, -0.2) is 91.4 Å². The maximum absolute atomic E-state index is 6.16. The molecular formula is C24H35N8O2+. The highest BCUT2D eigenvalue weighted by molar-refractivity contribution is 5.85. The highest BCUT2D eigenvalue weighted by atomic mass is 16.5. The molecule has 1 aliphatic heterocycles. The number of likely N-dealkylation sites (N-methyl/N-ethyl adjacent to an activating group) is 1. The Morgan fingerprint density at radius 2 is 1.76 bits per heavy atom. The summed E-state index contributed by atoms with van der Waals surface area (Å²) >= 11 is 0. The first-order valence-corrected chi connectivity index (χ1v) is 11.9. The first-order chi connectivity index (χ1) is 16.5. The lowest BCUT2D eigenvalue weighted by Gasteiger charge is -2.41. The molecule has 0 bridgehead atoms. The van der Waals surface area contributed by atoms with Crippen LogP contribution >= 0.6 is 0 Å². The van der Waals surface area contributed by atoms with E-state index in [9.17, 15) is 0 Å². The van der Waals surface area contributed by atoms with Crippen LogP contribution in [0.25, 0.3) is 22.4 Å². The minimum absolute atomic E-state index is 0.231. The number of nitrogens with zero attached hydrogens (tertiary/aromatic N) is 6. The second-order valence-electron chi connectivity index (χ2n) is 8.50. The zero-order valence-electron chi connectivity index (χ0n) is 20.5. The Morgan fingerprint density at radius 1 is 1.03 bits per heavy atom. The molecule has 34 heavy (non-hydrogen) atoms. The number of rotatable bonds is 9. The molecule has 3 aromatic rings. The number of fused-ring (bicyclic) bond motifs is 1. The summed E-state index contributed by atoms with van der Waals surface area (Å²) in [5.41, 5.74) is 8.98. The Hall–Kier alpha value is -3.08. The Labute approximate surface area is 200 Å². The van der Waals surface area contributed by atoms with Crippen LogP contribution in [0.2, 0.25) is 0 Å². The van der Waals surface area contributed by atoms with Crippen molar-refractivity contribution in [3.63, 3.8) is 0 Å². The topological polar surface area (TPSA) is 111 Å². The molecule has 0 unspecified atom stereocenters. The SMILES string of the molecule is CCN(CC)CC[N+]1(c2nc(N)nc3ncc(-c4ccc(OC)c(OC)c4)nc23)CCNCC1. The van der Waals surface area contributed by atoms with E-state index < -0.39 is 0 Å². The smallest absolute Gasteiger partial charge is 0.261 e. The van der Waals surface area contributed by atoms with Gasteiger partial charge >= 0.3 is 0 Å². The van der Waals surface area contributed by atoms with E-state index in [4.69, 9.17) is 25.2 Å². The van der Waals surface area contributed by atoms with Gasteiger partial charge in [0.15, 0.2) is 22.7 Å². The summed E-state index contributed by atoms with van der Waals surface area (Å²) < 4.78 is 11.6. The molecule has 0 atom stereocenters. The van der Waals surface area contributed by atoms with Gasteiger partial charge in [-0.05, 0) is 31.3 Å². The van der Waals surface area contributed by atoms with Gasteiger partial charge in [0.05, 0.1) is 45.7 Å². The van der Waals surface area contributed by atoms with Crippen LogP contribution in [-0.2, 0) is 0 Å². The fraction of sp³-hybridized carbons (Fsp3) is 0.500. The average Bonchev–Trinajstić information content (AvgIpc) is 2.88. The van der Waals surface area contributed by atoms with Crippen LogP contribution in [0, 0.1) is 0 Å². The number of nitrogens with two attached hydrogens (primary N) is 1. The standard InChI is InChI=1S/C24H35N8O2/c1-5-31(6-2)11-14-32(12-9-26-10-13-32)23-21-22(29-24(25)30-23)27-16-18(28-21)17-7-8-19(33-3)20(15-17)34-4/h7-8,15-16,26H,5-6,9-14H2,1-4H3,(H2,25,27,29,30)/q+1. The molecule has 1 fully saturated rings. The maximum atomic E-state index is 6.16. The molecule has 0 amide bonds. The number of anilines is 1. The van der Waals surface area contributed by atoms with Gasteiger partial charge in [-0.25, -0.2) is 9.97 Å². The van der Waals surface area contributed by atoms with Crippen LogP contribution in [0.1, 0.15) is 13.8 Å². The Balaban J connectivity index is 1.82. The zero-order valence-corrected chi connectivity index (χ0v) is 20.5. The predicted molar refractivity (Wildman–Crippen MR) is 135 cm³/mol. The van der Waals surface area contributed by atoms with Gasteiger partial charge in [-0.3, -0.25) is 9.38 Å². The molecule has 3 heterocycles. The molecule has 0 saturated carbocycles. The summed E-state index contributed by atoms with van der Waals surface area (Å²) in [7, 11) is 3.24. The van der Waals surface area contributed by atoms with E-state index in [1.807, 2.05) is 18.2 Å². The lowest BCUT2D eigenvalue weighted by molar-refractivity contribution is 0.195. The predicted octanol–water partition coefficient (Wildman–Crippen LogP) is 1.94. The number of piperazine rings is 1. The number of methoxy groups -OCH3 is 2. The van der Waals surface area contributed by atoms with Crippen molar-refractivity contribution in [2.24, 2.45) is 0 Å². The van der Waals surface area contributed by atoms with Crippen LogP contribution in [0.4, 0.5) is 11.8 Å². The molecule has 0 spiro atoms. The molecule has 0 radical (unpaired) electrons. The quantitative estimate of drug-likeness (QED) is 0.456. The van der Waals surface area contributed by atoms with E-state index in [2.05, 4.69) is 34.0 Å². The van der Waals surface area contributed by atoms with Gasteiger partial charge < -0.3 is 20.5 Å². The Morgan fingerprint density at radius 3 is 2.44 bits per heavy atom. The van der Waals surface area contributed by atoms with Crippen LogP contribution < -0.4 is 25.0 Å². The van der Waals surface area contributed by atoms with E-state index >= 15 is 0 Å². The summed E-state index contributed by atoms with van der Waals surface area (Å²) in [4.78, 5) is 21.3.